The Labute approximate surface area is 136 Å². The van der Waals surface area contributed by atoms with E-state index in [2.05, 4.69) is 26.2 Å². The van der Waals surface area contributed by atoms with Crippen molar-refractivity contribution < 1.29 is 9.53 Å². The molecule has 1 amide bonds. The van der Waals surface area contributed by atoms with Crippen molar-refractivity contribution >= 4 is 38.4 Å². The third kappa shape index (κ3) is 2.67. The molecule has 0 radical (unpaired) electrons. The highest BCUT2D eigenvalue weighted by atomic mass is 79.9. The molecule has 5 heteroatoms. The molecular formula is C17H13BrN2O2. The number of carbonyl (C=O) groups excluding carboxylic acids is 1. The number of halogens is 1. The summed E-state index contributed by atoms with van der Waals surface area (Å²) >= 11 is 3.37. The van der Waals surface area contributed by atoms with Crippen LogP contribution in [0.5, 0.6) is 5.75 Å². The summed E-state index contributed by atoms with van der Waals surface area (Å²) in [5.74, 6) is 0.189. The zero-order valence-corrected chi connectivity index (χ0v) is 13.4. The standard InChI is InChI=1S/C17H13BrN2O2/c1-22-15-14(17(21)19-11-7-3-2-4-8-11)12-9-5-6-10-13(12)20-16(15)18/h2-10H,1H3,(H,19,21). The van der Waals surface area contributed by atoms with E-state index in [1.807, 2.05) is 54.6 Å². The quantitative estimate of drug-likeness (QED) is 0.713. The maximum Gasteiger partial charge on any atom is 0.260 e. The molecule has 110 valence electrons. The number of hydrogen-bond donors (Lipinski definition) is 1. The average molecular weight is 357 g/mol. The van der Waals surface area contributed by atoms with Crippen molar-refractivity contribution in [2.75, 3.05) is 12.4 Å². The number of para-hydroxylation sites is 2. The van der Waals surface area contributed by atoms with Gasteiger partial charge in [-0.1, -0.05) is 36.4 Å². The van der Waals surface area contributed by atoms with Crippen molar-refractivity contribution in [1.82, 2.24) is 4.98 Å². The SMILES string of the molecule is COc1c(Br)nc2ccccc2c1C(=O)Nc1ccccc1. The third-order valence-electron chi connectivity index (χ3n) is 3.27. The van der Waals surface area contributed by atoms with Crippen molar-refractivity contribution in [3.05, 3.63) is 64.8 Å². The Kier molecular flexibility index (Phi) is 4.06. The summed E-state index contributed by atoms with van der Waals surface area (Å²) in [5.41, 5.74) is 1.92. The molecule has 1 heterocycles. The summed E-state index contributed by atoms with van der Waals surface area (Å²) in [6.45, 7) is 0. The molecule has 3 aromatic rings. The van der Waals surface area contributed by atoms with Gasteiger partial charge in [-0.15, -0.1) is 0 Å². The topological polar surface area (TPSA) is 51.2 Å². The fourth-order valence-corrected chi connectivity index (χ4v) is 2.84. The molecule has 0 bridgehead atoms. The Morgan fingerprint density at radius 3 is 2.50 bits per heavy atom. The number of ether oxygens (including phenoxy) is 1. The Morgan fingerprint density at radius 1 is 1.09 bits per heavy atom. The van der Waals surface area contributed by atoms with Gasteiger partial charge in [0, 0.05) is 11.1 Å². The molecule has 4 nitrogen and oxygen atoms in total. The summed E-state index contributed by atoms with van der Waals surface area (Å²) in [6, 6.07) is 16.8. The van der Waals surface area contributed by atoms with E-state index in [0.717, 1.165) is 16.6 Å². The van der Waals surface area contributed by atoms with E-state index in [0.29, 0.717) is 15.9 Å². The van der Waals surface area contributed by atoms with Crippen molar-refractivity contribution in [3.8, 4) is 5.75 Å². The van der Waals surface area contributed by atoms with E-state index >= 15 is 0 Å². The predicted molar refractivity (Wildman–Crippen MR) is 90.4 cm³/mol. The Balaban J connectivity index is 2.14. The number of aromatic nitrogens is 1. The van der Waals surface area contributed by atoms with E-state index in [-0.39, 0.29) is 5.91 Å². The van der Waals surface area contributed by atoms with Gasteiger partial charge < -0.3 is 10.1 Å². The lowest BCUT2D eigenvalue weighted by atomic mass is 10.1. The first-order valence-electron chi connectivity index (χ1n) is 6.69. The first-order valence-corrected chi connectivity index (χ1v) is 7.48. The Morgan fingerprint density at radius 2 is 1.77 bits per heavy atom. The highest BCUT2D eigenvalue weighted by molar-refractivity contribution is 9.10. The molecule has 3 rings (SSSR count). The fraction of sp³-hybridized carbons (Fsp3) is 0.0588. The molecule has 0 aliphatic heterocycles. The number of hydrogen-bond acceptors (Lipinski definition) is 3. The lowest BCUT2D eigenvalue weighted by Crippen LogP contribution is -2.14. The van der Waals surface area contributed by atoms with E-state index in [1.165, 1.54) is 7.11 Å². The van der Waals surface area contributed by atoms with Crippen LogP contribution in [0.15, 0.2) is 59.2 Å². The molecule has 1 N–H and O–H groups in total. The van der Waals surface area contributed by atoms with E-state index in [1.54, 1.807) is 0 Å². The molecule has 0 fully saturated rings. The van der Waals surface area contributed by atoms with Gasteiger partial charge in [0.2, 0.25) is 0 Å². The molecule has 0 aliphatic carbocycles. The second-order valence-electron chi connectivity index (χ2n) is 4.65. The molecule has 0 unspecified atom stereocenters. The number of methoxy groups -OCH3 is 1. The van der Waals surface area contributed by atoms with Crippen LogP contribution in [0.1, 0.15) is 10.4 Å². The second-order valence-corrected chi connectivity index (χ2v) is 5.40. The van der Waals surface area contributed by atoms with Crippen LogP contribution < -0.4 is 10.1 Å². The Hall–Kier alpha value is -2.40. The zero-order valence-electron chi connectivity index (χ0n) is 11.8. The lowest BCUT2D eigenvalue weighted by molar-refractivity contribution is 0.102. The zero-order chi connectivity index (χ0) is 15.5. The van der Waals surface area contributed by atoms with Gasteiger partial charge in [-0.05, 0) is 34.1 Å². The van der Waals surface area contributed by atoms with Crippen LogP contribution in [0.2, 0.25) is 0 Å². The van der Waals surface area contributed by atoms with Crippen LogP contribution in [-0.2, 0) is 0 Å². The molecule has 0 atom stereocenters. The van der Waals surface area contributed by atoms with Crippen molar-refractivity contribution in [3.63, 3.8) is 0 Å². The van der Waals surface area contributed by atoms with Gasteiger partial charge in [0.15, 0.2) is 5.75 Å². The van der Waals surface area contributed by atoms with Crippen LogP contribution in [0.4, 0.5) is 5.69 Å². The molecule has 0 aliphatic rings. The van der Waals surface area contributed by atoms with Crippen molar-refractivity contribution in [1.29, 1.82) is 0 Å². The highest BCUT2D eigenvalue weighted by Crippen LogP contribution is 2.33. The van der Waals surface area contributed by atoms with Gasteiger partial charge in [-0.3, -0.25) is 4.79 Å². The minimum Gasteiger partial charge on any atom is -0.493 e. The number of anilines is 1. The maximum absolute atomic E-state index is 12.7. The van der Waals surface area contributed by atoms with Crippen LogP contribution in [0, 0.1) is 0 Å². The molecule has 22 heavy (non-hydrogen) atoms. The number of rotatable bonds is 3. The van der Waals surface area contributed by atoms with Crippen LogP contribution in [0.3, 0.4) is 0 Å². The first-order chi connectivity index (χ1) is 10.7. The molecule has 2 aromatic carbocycles. The third-order valence-corrected chi connectivity index (χ3v) is 3.81. The Bertz CT molecular complexity index is 835. The number of benzene rings is 2. The van der Waals surface area contributed by atoms with Crippen molar-refractivity contribution in [2.24, 2.45) is 0 Å². The van der Waals surface area contributed by atoms with E-state index < -0.39 is 0 Å². The van der Waals surface area contributed by atoms with Gasteiger partial charge in [-0.25, -0.2) is 4.98 Å². The normalized spacial score (nSPS) is 10.5. The average Bonchev–Trinajstić information content (AvgIpc) is 2.54. The highest BCUT2D eigenvalue weighted by Gasteiger charge is 2.20. The molecule has 0 spiro atoms. The first kappa shape index (κ1) is 14.5. The van der Waals surface area contributed by atoms with Gasteiger partial charge >= 0.3 is 0 Å². The van der Waals surface area contributed by atoms with Crippen LogP contribution in [0.25, 0.3) is 10.9 Å². The monoisotopic (exact) mass is 356 g/mol. The minimum absolute atomic E-state index is 0.234. The van der Waals surface area contributed by atoms with Gasteiger partial charge in [0.25, 0.3) is 5.91 Å². The van der Waals surface area contributed by atoms with Crippen LogP contribution >= 0.6 is 15.9 Å². The van der Waals surface area contributed by atoms with E-state index in [4.69, 9.17) is 4.74 Å². The van der Waals surface area contributed by atoms with E-state index in [9.17, 15) is 4.79 Å². The van der Waals surface area contributed by atoms with Gasteiger partial charge in [0.05, 0.1) is 18.2 Å². The smallest absolute Gasteiger partial charge is 0.260 e. The van der Waals surface area contributed by atoms with Crippen LogP contribution in [-0.4, -0.2) is 18.0 Å². The van der Waals surface area contributed by atoms with Crippen molar-refractivity contribution in [2.45, 2.75) is 0 Å². The number of nitrogens with one attached hydrogen (secondary N) is 1. The fourth-order valence-electron chi connectivity index (χ4n) is 2.29. The summed E-state index contributed by atoms with van der Waals surface area (Å²) < 4.78 is 5.88. The lowest BCUT2D eigenvalue weighted by Gasteiger charge is -2.13. The second kappa shape index (κ2) is 6.15. The summed E-state index contributed by atoms with van der Waals surface area (Å²) in [5, 5.41) is 3.63. The number of pyridine rings is 1. The van der Waals surface area contributed by atoms with Gasteiger partial charge in [0.1, 0.15) is 4.60 Å². The predicted octanol–water partition coefficient (Wildman–Crippen LogP) is 4.26. The largest absolute Gasteiger partial charge is 0.493 e. The number of fused-ring (bicyclic) bond motifs is 1. The molecule has 0 saturated carbocycles. The minimum atomic E-state index is -0.234. The summed E-state index contributed by atoms with van der Waals surface area (Å²) in [6.07, 6.45) is 0. The number of carbonyl (C=O) groups is 1. The molecule has 1 aromatic heterocycles. The molecule has 0 saturated heterocycles. The number of nitrogens with zero attached hydrogens (tertiary/aromatic N) is 1. The number of amides is 1. The summed E-state index contributed by atoms with van der Waals surface area (Å²) in [4.78, 5) is 17.1. The molecular weight excluding hydrogens is 344 g/mol. The maximum atomic E-state index is 12.7. The summed E-state index contributed by atoms with van der Waals surface area (Å²) in [7, 11) is 1.52. The van der Waals surface area contributed by atoms with Gasteiger partial charge in [-0.2, -0.15) is 0 Å².